The van der Waals surface area contributed by atoms with Gasteiger partial charge in [-0.25, -0.2) is 13.2 Å². The Kier molecular flexibility index (Phi) is 5.23. The zero-order valence-electron chi connectivity index (χ0n) is 17.6. The van der Waals surface area contributed by atoms with Crippen LogP contribution in [-0.4, -0.2) is 36.7 Å². The number of nitrogens with one attached hydrogen (secondary N) is 1. The number of benzene rings is 3. The molecule has 6 nitrogen and oxygen atoms in total. The molecule has 2 heterocycles. The lowest BCUT2D eigenvalue weighted by Gasteiger charge is -2.34. The first-order chi connectivity index (χ1) is 15.5. The third-order valence-corrected chi connectivity index (χ3v) is 8.40. The van der Waals surface area contributed by atoms with Gasteiger partial charge in [0.1, 0.15) is 0 Å². The summed E-state index contributed by atoms with van der Waals surface area (Å²) in [6.07, 6.45) is 0.564. The molecule has 164 valence electrons. The second-order valence-corrected chi connectivity index (χ2v) is 10.2. The lowest BCUT2D eigenvalue weighted by molar-refractivity contribution is 0.178. The van der Waals surface area contributed by atoms with Crippen molar-refractivity contribution in [3.05, 3.63) is 102 Å². The number of rotatable bonds is 4. The SMILES string of the molecule is O=C(NCc1ccccc1)N1CCC2(C1)c1ccccc1S(=O)(=O)N2Cc1ccccc1. The minimum Gasteiger partial charge on any atom is -0.334 e. The van der Waals surface area contributed by atoms with Gasteiger partial charge in [0.25, 0.3) is 0 Å². The van der Waals surface area contributed by atoms with E-state index in [1.807, 2.05) is 72.8 Å². The summed E-state index contributed by atoms with van der Waals surface area (Å²) < 4.78 is 28.7. The second-order valence-electron chi connectivity index (χ2n) is 8.34. The molecule has 0 aromatic heterocycles. The van der Waals surface area contributed by atoms with Crippen LogP contribution >= 0.6 is 0 Å². The number of nitrogens with zero attached hydrogens (tertiary/aromatic N) is 2. The van der Waals surface area contributed by atoms with Crippen molar-refractivity contribution in [3.8, 4) is 0 Å². The smallest absolute Gasteiger partial charge is 0.317 e. The van der Waals surface area contributed by atoms with Crippen LogP contribution in [0.1, 0.15) is 23.1 Å². The molecule has 7 heteroatoms. The zero-order valence-corrected chi connectivity index (χ0v) is 18.5. The zero-order chi connectivity index (χ0) is 22.2. The number of urea groups is 1. The largest absolute Gasteiger partial charge is 0.334 e. The van der Waals surface area contributed by atoms with Gasteiger partial charge in [0.2, 0.25) is 10.0 Å². The van der Waals surface area contributed by atoms with Crippen molar-refractivity contribution < 1.29 is 13.2 Å². The molecule has 0 saturated carbocycles. The number of amides is 2. The summed E-state index contributed by atoms with van der Waals surface area (Å²) in [7, 11) is -3.67. The minimum absolute atomic E-state index is 0.174. The molecule has 0 aliphatic carbocycles. The number of carbonyl (C=O) groups excluding carboxylic acids is 1. The summed E-state index contributed by atoms with van der Waals surface area (Å²) in [4.78, 5) is 15.0. The van der Waals surface area contributed by atoms with Crippen LogP contribution in [0, 0.1) is 0 Å². The third-order valence-electron chi connectivity index (χ3n) is 6.42. The molecule has 1 spiro atoms. The Bertz CT molecular complexity index is 1230. The number of likely N-dealkylation sites (tertiary alicyclic amines) is 1. The van der Waals surface area contributed by atoms with E-state index in [0.29, 0.717) is 31.0 Å². The Balaban J connectivity index is 1.43. The average molecular weight is 448 g/mol. The van der Waals surface area contributed by atoms with Gasteiger partial charge in [-0.15, -0.1) is 0 Å². The van der Waals surface area contributed by atoms with E-state index in [0.717, 1.165) is 16.7 Å². The first-order valence-electron chi connectivity index (χ1n) is 10.7. The normalized spacial score (nSPS) is 21.6. The van der Waals surface area contributed by atoms with Gasteiger partial charge < -0.3 is 10.2 Å². The molecule has 1 N–H and O–H groups in total. The van der Waals surface area contributed by atoms with Gasteiger partial charge in [-0.3, -0.25) is 0 Å². The molecule has 1 saturated heterocycles. The summed E-state index contributed by atoms with van der Waals surface area (Å²) in [5.41, 5.74) is 1.98. The molecule has 3 aromatic carbocycles. The average Bonchev–Trinajstić information content (AvgIpc) is 3.34. The number of carbonyl (C=O) groups is 1. The molecular formula is C25H25N3O3S. The Morgan fingerprint density at radius 3 is 2.22 bits per heavy atom. The number of sulfonamides is 1. The fourth-order valence-electron chi connectivity index (χ4n) is 4.82. The Hall–Kier alpha value is -3.16. The van der Waals surface area contributed by atoms with Crippen molar-refractivity contribution in [3.63, 3.8) is 0 Å². The molecule has 0 bridgehead atoms. The van der Waals surface area contributed by atoms with Crippen LogP contribution in [-0.2, 0) is 28.7 Å². The standard InChI is InChI=1S/C25H25N3O3S/c29-24(26-17-20-9-3-1-4-10-20)27-16-15-25(19-27)22-13-7-8-14-23(22)32(30,31)28(25)18-21-11-5-2-6-12-21/h1-14H,15-19H2,(H,26,29). The van der Waals surface area contributed by atoms with Gasteiger partial charge in [-0.1, -0.05) is 78.9 Å². The second kappa shape index (κ2) is 8.07. The highest BCUT2D eigenvalue weighted by molar-refractivity contribution is 7.89. The van der Waals surface area contributed by atoms with Crippen LogP contribution in [0.15, 0.2) is 89.8 Å². The Morgan fingerprint density at radius 1 is 0.875 bits per heavy atom. The predicted molar refractivity (Wildman–Crippen MR) is 122 cm³/mol. The third kappa shape index (κ3) is 3.47. The topological polar surface area (TPSA) is 69.7 Å². The Labute approximate surface area is 188 Å². The lowest BCUT2D eigenvalue weighted by atomic mass is 9.88. The van der Waals surface area contributed by atoms with Gasteiger partial charge in [0.15, 0.2) is 0 Å². The quantitative estimate of drug-likeness (QED) is 0.663. The highest BCUT2D eigenvalue weighted by Gasteiger charge is 2.57. The van der Waals surface area contributed by atoms with Gasteiger partial charge in [0.05, 0.1) is 10.4 Å². The van der Waals surface area contributed by atoms with Crippen molar-refractivity contribution in [2.75, 3.05) is 13.1 Å². The van der Waals surface area contributed by atoms with Gasteiger partial charge in [-0.05, 0) is 29.2 Å². The minimum atomic E-state index is -3.67. The molecule has 2 aliphatic rings. The highest BCUT2D eigenvalue weighted by Crippen LogP contribution is 2.50. The van der Waals surface area contributed by atoms with Crippen LogP contribution in [0.25, 0.3) is 0 Å². The number of hydrogen-bond donors (Lipinski definition) is 1. The predicted octanol–water partition coefficient (Wildman–Crippen LogP) is 3.70. The number of fused-ring (bicyclic) bond motifs is 2. The van der Waals surface area contributed by atoms with Crippen molar-refractivity contribution in [2.45, 2.75) is 29.9 Å². The van der Waals surface area contributed by atoms with Crippen LogP contribution in [0.3, 0.4) is 0 Å². The molecule has 0 radical (unpaired) electrons. The molecule has 2 amide bonds. The first-order valence-corrected chi connectivity index (χ1v) is 12.2. The first kappa shape index (κ1) is 20.7. The van der Waals surface area contributed by atoms with Crippen molar-refractivity contribution in [1.82, 2.24) is 14.5 Å². The van der Waals surface area contributed by atoms with Gasteiger partial charge in [0, 0.05) is 26.2 Å². The fourth-order valence-corrected chi connectivity index (χ4v) is 6.87. The molecule has 32 heavy (non-hydrogen) atoms. The van der Waals surface area contributed by atoms with E-state index >= 15 is 0 Å². The van der Waals surface area contributed by atoms with Crippen molar-refractivity contribution in [1.29, 1.82) is 0 Å². The fraction of sp³-hybridized carbons (Fsp3) is 0.240. The summed E-state index contributed by atoms with van der Waals surface area (Å²) >= 11 is 0. The van der Waals surface area contributed by atoms with E-state index in [1.54, 1.807) is 21.3 Å². The van der Waals surface area contributed by atoms with E-state index in [-0.39, 0.29) is 12.6 Å². The van der Waals surface area contributed by atoms with E-state index in [1.165, 1.54) is 0 Å². The molecule has 1 fully saturated rings. The monoisotopic (exact) mass is 447 g/mol. The summed E-state index contributed by atoms with van der Waals surface area (Å²) in [6, 6.07) is 26.4. The lowest BCUT2D eigenvalue weighted by Crippen LogP contribution is -2.47. The maximum Gasteiger partial charge on any atom is 0.317 e. The maximum atomic E-state index is 13.5. The summed E-state index contributed by atoms with van der Waals surface area (Å²) in [6.45, 7) is 1.54. The maximum absolute atomic E-state index is 13.5. The molecular weight excluding hydrogens is 422 g/mol. The van der Waals surface area contributed by atoms with Crippen LogP contribution in [0.2, 0.25) is 0 Å². The van der Waals surface area contributed by atoms with E-state index in [2.05, 4.69) is 5.32 Å². The van der Waals surface area contributed by atoms with E-state index < -0.39 is 15.6 Å². The molecule has 1 atom stereocenters. The van der Waals surface area contributed by atoms with Crippen LogP contribution in [0.4, 0.5) is 4.79 Å². The van der Waals surface area contributed by atoms with E-state index in [4.69, 9.17) is 0 Å². The van der Waals surface area contributed by atoms with Gasteiger partial charge >= 0.3 is 6.03 Å². The van der Waals surface area contributed by atoms with Crippen LogP contribution < -0.4 is 5.32 Å². The van der Waals surface area contributed by atoms with Crippen LogP contribution in [0.5, 0.6) is 0 Å². The summed E-state index contributed by atoms with van der Waals surface area (Å²) in [5.74, 6) is 0. The van der Waals surface area contributed by atoms with Gasteiger partial charge in [-0.2, -0.15) is 4.31 Å². The van der Waals surface area contributed by atoms with Crippen molar-refractivity contribution >= 4 is 16.1 Å². The molecule has 3 aromatic rings. The Morgan fingerprint density at radius 2 is 1.50 bits per heavy atom. The number of hydrogen-bond acceptors (Lipinski definition) is 3. The molecule has 5 rings (SSSR count). The van der Waals surface area contributed by atoms with Crippen molar-refractivity contribution in [2.24, 2.45) is 0 Å². The summed E-state index contributed by atoms with van der Waals surface area (Å²) in [5, 5.41) is 2.98. The van der Waals surface area contributed by atoms with E-state index in [9.17, 15) is 13.2 Å². The highest BCUT2D eigenvalue weighted by atomic mass is 32.2. The molecule has 2 aliphatic heterocycles. The molecule has 1 unspecified atom stereocenters.